The molecule has 32 heavy (non-hydrogen) atoms. The standard InChI is InChI=1S/C24H18Cl2N2O4/c1-31-18-13-6-5-10-15(18)20-19-22(32-28(20)14-8-3-2-4-9-14)24(30)27(23(19)29)21-16(25)11-7-12-17(21)26/h2-13,19-20,22H,1H3/t19-,20+,22-/m1/s1. The molecule has 0 aliphatic carbocycles. The number of hydrogen-bond acceptors (Lipinski definition) is 5. The first kappa shape index (κ1) is 20.8. The average molecular weight is 469 g/mol. The molecule has 3 aromatic rings. The summed E-state index contributed by atoms with van der Waals surface area (Å²) >= 11 is 12.6. The molecule has 2 amide bonds. The van der Waals surface area contributed by atoms with Crippen LogP contribution in [0, 0.1) is 5.92 Å². The van der Waals surface area contributed by atoms with E-state index in [-0.39, 0.29) is 15.7 Å². The first-order valence-corrected chi connectivity index (χ1v) is 10.7. The lowest BCUT2D eigenvalue weighted by molar-refractivity contribution is -0.126. The molecular weight excluding hydrogens is 451 g/mol. The number of ether oxygens (including phenoxy) is 1. The number of hydrogen-bond donors (Lipinski definition) is 0. The monoisotopic (exact) mass is 468 g/mol. The third-order valence-electron chi connectivity index (χ3n) is 5.74. The van der Waals surface area contributed by atoms with Crippen LogP contribution in [0.25, 0.3) is 0 Å². The van der Waals surface area contributed by atoms with Crippen molar-refractivity contribution >= 4 is 46.4 Å². The Morgan fingerprint density at radius 1 is 0.844 bits per heavy atom. The van der Waals surface area contributed by atoms with Crippen LogP contribution in [-0.2, 0) is 14.4 Å². The van der Waals surface area contributed by atoms with Crippen molar-refractivity contribution < 1.29 is 19.2 Å². The first-order chi connectivity index (χ1) is 15.5. The van der Waals surface area contributed by atoms with Gasteiger partial charge in [-0.15, -0.1) is 0 Å². The van der Waals surface area contributed by atoms with Crippen LogP contribution in [0.5, 0.6) is 5.75 Å². The molecule has 3 aromatic carbocycles. The number of benzene rings is 3. The molecule has 2 aliphatic rings. The van der Waals surface area contributed by atoms with Gasteiger partial charge in [-0.3, -0.25) is 14.4 Å². The number of nitrogens with zero attached hydrogens (tertiary/aromatic N) is 2. The fraction of sp³-hybridized carbons (Fsp3) is 0.167. The van der Waals surface area contributed by atoms with Gasteiger partial charge in [-0.25, -0.2) is 9.96 Å². The van der Waals surface area contributed by atoms with Crippen molar-refractivity contribution in [3.63, 3.8) is 0 Å². The third kappa shape index (κ3) is 3.14. The fourth-order valence-corrected chi connectivity index (χ4v) is 4.93. The maximum absolute atomic E-state index is 13.7. The van der Waals surface area contributed by atoms with Crippen LogP contribution in [0.15, 0.2) is 72.8 Å². The molecule has 5 rings (SSSR count). The fourth-order valence-electron chi connectivity index (χ4n) is 4.36. The van der Waals surface area contributed by atoms with Gasteiger partial charge in [-0.05, 0) is 30.3 Å². The Morgan fingerprint density at radius 3 is 2.19 bits per heavy atom. The summed E-state index contributed by atoms with van der Waals surface area (Å²) < 4.78 is 5.57. The number of carbonyl (C=O) groups excluding carboxylic acids is 2. The number of halogens is 2. The maximum atomic E-state index is 13.7. The van der Waals surface area contributed by atoms with E-state index in [2.05, 4.69) is 0 Å². The van der Waals surface area contributed by atoms with Gasteiger partial charge in [-0.1, -0.05) is 65.7 Å². The first-order valence-electron chi connectivity index (χ1n) is 9.98. The van der Waals surface area contributed by atoms with Gasteiger partial charge in [0.05, 0.1) is 34.6 Å². The summed E-state index contributed by atoms with van der Waals surface area (Å²) in [5.74, 6) is -1.15. The number of hydroxylamine groups is 1. The molecule has 3 atom stereocenters. The summed E-state index contributed by atoms with van der Waals surface area (Å²) in [7, 11) is 1.57. The van der Waals surface area contributed by atoms with Gasteiger partial charge in [0.25, 0.3) is 5.91 Å². The molecule has 0 aromatic heterocycles. The number of para-hydroxylation sites is 3. The van der Waals surface area contributed by atoms with E-state index in [0.717, 1.165) is 16.2 Å². The van der Waals surface area contributed by atoms with E-state index < -0.39 is 29.9 Å². The van der Waals surface area contributed by atoms with Crippen molar-refractivity contribution in [1.82, 2.24) is 0 Å². The van der Waals surface area contributed by atoms with Crippen LogP contribution in [0.2, 0.25) is 10.0 Å². The van der Waals surface area contributed by atoms with E-state index in [1.165, 1.54) is 0 Å². The molecule has 0 spiro atoms. The summed E-state index contributed by atoms with van der Waals surface area (Å²) in [6.07, 6.45) is -1.02. The predicted molar refractivity (Wildman–Crippen MR) is 122 cm³/mol. The van der Waals surface area contributed by atoms with Crippen molar-refractivity contribution in [2.45, 2.75) is 12.1 Å². The minimum atomic E-state index is -1.02. The number of amides is 2. The molecule has 2 saturated heterocycles. The lowest BCUT2D eigenvalue weighted by Crippen LogP contribution is -2.37. The molecule has 2 aliphatic heterocycles. The van der Waals surface area contributed by atoms with Gasteiger partial charge in [0.1, 0.15) is 11.7 Å². The lowest BCUT2D eigenvalue weighted by atomic mass is 9.90. The van der Waals surface area contributed by atoms with Crippen LogP contribution >= 0.6 is 23.2 Å². The Hall–Kier alpha value is -3.06. The van der Waals surface area contributed by atoms with Crippen molar-refractivity contribution in [2.75, 3.05) is 17.1 Å². The van der Waals surface area contributed by atoms with Crippen molar-refractivity contribution in [3.8, 4) is 5.75 Å². The number of methoxy groups -OCH3 is 1. The zero-order valence-electron chi connectivity index (χ0n) is 16.9. The SMILES string of the molecule is COc1ccccc1[C@H]1[C@H]2C(=O)N(c3c(Cl)cccc3Cl)C(=O)[C@@H]2ON1c1ccccc1. The number of carbonyl (C=O) groups is 2. The zero-order chi connectivity index (χ0) is 22.4. The van der Waals surface area contributed by atoms with Crippen LogP contribution in [0.4, 0.5) is 11.4 Å². The maximum Gasteiger partial charge on any atom is 0.266 e. The Bertz CT molecular complexity index is 1180. The second-order valence-electron chi connectivity index (χ2n) is 7.48. The molecule has 0 bridgehead atoms. The van der Waals surface area contributed by atoms with Gasteiger partial charge in [-0.2, -0.15) is 0 Å². The number of imide groups is 1. The minimum absolute atomic E-state index is 0.175. The van der Waals surface area contributed by atoms with Crippen LogP contribution < -0.4 is 14.7 Å². The molecule has 8 heteroatoms. The van der Waals surface area contributed by atoms with Crippen molar-refractivity contribution in [1.29, 1.82) is 0 Å². The van der Waals surface area contributed by atoms with E-state index in [0.29, 0.717) is 5.75 Å². The normalized spacial score (nSPS) is 22.4. The molecule has 162 valence electrons. The smallest absolute Gasteiger partial charge is 0.266 e. The van der Waals surface area contributed by atoms with E-state index in [1.54, 1.807) is 30.4 Å². The van der Waals surface area contributed by atoms with Crippen LogP contribution in [0.1, 0.15) is 11.6 Å². The quantitative estimate of drug-likeness (QED) is 0.501. The Balaban J connectivity index is 1.64. The number of anilines is 2. The second kappa shape index (κ2) is 8.13. The lowest BCUT2D eigenvalue weighted by Gasteiger charge is -2.29. The van der Waals surface area contributed by atoms with E-state index in [1.807, 2.05) is 54.6 Å². The summed E-state index contributed by atoms with van der Waals surface area (Å²) in [6.45, 7) is 0. The molecular formula is C24H18Cl2N2O4. The molecule has 0 unspecified atom stereocenters. The second-order valence-corrected chi connectivity index (χ2v) is 8.30. The molecule has 0 saturated carbocycles. The Labute approximate surface area is 194 Å². The van der Waals surface area contributed by atoms with Gasteiger partial charge in [0, 0.05) is 5.56 Å². The molecule has 0 radical (unpaired) electrons. The highest BCUT2D eigenvalue weighted by Crippen LogP contribution is 2.50. The van der Waals surface area contributed by atoms with Gasteiger partial charge < -0.3 is 4.74 Å². The summed E-state index contributed by atoms with van der Waals surface area (Å²) in [6, 6.07) is 21.0. The summed E-state index contributed by atoms with van der Waals surface area (Å²) in [5.41, 5.74) is 1.63. The van der Waals surface area contributed by atoms with Crippen molar-refractivity contribution in [3.05, 3.63) is 88.4 Å². The van der Waals surface area contributed by atoms with E-state index in [4.69, 9.17) is 32.8 Å². The number of fused-ring (bicyclic) bond motifs is 1. The average Bonchev–Trinajstić information content (AvgIpc) is 3.31. The highest BCUT2D eigenvalue weighted by atomic mass is 35.5. The summed E-state index contributed by atoms with van der Waals surface area (Å²) in [4.78, 5) is 34.3. The highest BCUT2D eigenvalue weighted by Gasteiger charge is 2.61. The van der Waals surface area contributed by atoms with Gasteiger partial charge in [0.2, 0.25) is 5.91 Å². The Morgan fingerprint density at radius 2 is 1.50 bits per heavy atom. The third-order valence-corrected chi connectivity index (χ3v) is 6.35. The van der Waals surface area contributed by atoms with E-state index >= 15 is 0 Å². The van der Waals surface area contributed by atoms with E-state index in [9.17, 15) is 9.59 Å². The van der Waals surface area contributed by atoms with Crippen molar-refractivity contribution in [2.24, 2.45) is 5.92 Å². The van der Waals surface area contributed by atoms with Gasteiger partial charge in [0.15, 0.2) is 6.10 Å². The molecule has 2 heterocycles. The Kier molecular flexibility index (Phi) is 5.29. The topological polar surface area (TPSA) is 59.1 Å². The molecule has 6 nitrogen and oxygen atoms in total. The highest BCUT2D eigenvalue weighted by molar-refractivity contribution is 6.42. The zero-order valence-corrected chi connectivity index (χ0v) is 18.5. The number of rotatable bonds is 4. The summed E-state index contributed by atoms with van der Waals surface area (Å²) in [5, 5.41) is 2.05. The predicted octanol–water partition coefficient (Wildman–Crippen LogP) is 5.05. The molecule has 2 fully saturated rings. The largest absolute Gasteiger partial charge is 0.496 e. The molecule has 0 N–H and O–H groups in total. The van der Waals surface area contributed by atoms with Gasteiger partial charge >= 0.3 is 0 Å². The minimum Gasteiger partial charge on any atom is -0.496 e. The van der Waals surface area contributed by atoms with Crippen LogP contribution in [-0.4, -0.2) is 25.0 Å². The van der Waals surface area contributed by atoms with Crippen LogP contribution in [0.3, 0.4) is 0 Å².